The Bertz CT molecular complexity index is 453. The van der Waals surface area contributed by atoms with E-state index in [4.69, 9.17) is 9.84 Å². The average molecular weight is 290 g/mol. The topological polar surface area (TPSA) is 46.5 Å². The van der Waals surface area contributed by atoms with Crippen LogP contribution in [0.25, 0.3) is 0 Å². The summed E-state index contributed by atoms with van der Waals surface area (Å²) in [5.41, 5.74) is 0.627. The minimum atomic E-state index is -0.155. The number of carbonyl (C=O) groups excluding carboxylic acids is 1. The Morgan fingerprint density at radius 1 is 1.38 bits per heavy atom. The van der Waals surface area contributed by atoms with Gasteiger partial charge in [-0.25, -0.2) is 0 Å². The number of benzene rings is 1. The van der Waals surface area contributed by atoms with E-state index in [1.165, 1.54) is 0 Å². The lowest BCUT2D eigenvalue weighted by Crippen LogP contribution is -2.39. The highest BCUT2D eigenvalue weighted by Gasteiger charge is 2.36. The molecule has 2 rings (SSSR count). The highest BCUT2D eigenvalue weighted by atomic mass is 16.5. The molecule has 3 heteroatoms. The van der Waals surface area contributed by atoms with Crippen molar-refractivity contribution in [1.29, 1.82) is 0 Å². The summed E-state index contributed by atoms with van der Waals surface area (Å²) in [6.07, 6.45) is 3.27. The zero-order valence-corrected chi connectivity index (χ0v) is 13.0. The third-order valence-corrected chi connectivity index (χ3v) is 4.37. The summed E-state index contributed by atoms with van der Waals surface area (Å²) in [5.74, 6) is 0.544. The van der Waals surface area contributed by atoms with Gasteiger partial charge in [0.1, 0.15) is 0 Å². The van der Waals surface area contributed by atoms with Crippen LogP contribution in [0.1, 0.15) is 49.9 Å². The minimum absolute atomic E-state index is 0.0114. The van der Waals surface area contributed by atoms with E-state index < -0.39 is 0 Å². The number of aliphatic hydroxyl groups is 1. The molecule has 1 N–H and O–H groups in total. The molecule has 21 heavy (non-hydrogen) atoms. The highest BCUT2D eigenvalue weighted by molar-refractivity contribution is 5.98. The van der Waals surface area contributed by atoms with Gasteiger partial charge in [0.2, 0.25) is 0 Å². The molecular formula is C18H26O3. The van der Waals surface area contributed by atoms with Gasteiger partial charge in [0, 0.05) is 24.7 Å². The van der Waals surface area contributed by atoms with Gasteiger partial charge in [-0.2, -0.15) is 0 Å². The number of hydrogen-bond acceptors (Lipinski definition) is 3. The van der Waals surface area contributed by atoms with Crippen LogP contribution in [0.15, 0.2) is 30.3 Å². The van der Waals surface area contributed by atoms with Crippen LogP contribution in [0.2, 0.25) is 0 Å². The molecule has 1 aliphatic rings. The molecule has 1 saturated heterocycles. The van der Waals surface area contributed by atoms with Crippen molar-refractivity contribution in [3.63, 3.8) is 0 Å². The number of ketones is 1. The van der Waals surface area contributed by atoms with Gasteiger partial charge in [-0.15, -0.1) is 0 Å². The van der Waals surface area contributed by atoms with E-state index in [0.29, 0.717) is 12.3 Å². The van der Waals surface area contributed by atoms with Crippen molar-refractivity contribution in [3.8, 4) is 0 Å². The van der Waals surface area contributed by atoms with Crippen LogP contribution >= 0.6 is 0 Å². The molecule has 116 valence electrons. The first-order valence-electron chi connectivity index (χ1n) is 7.87. The van der Waals surface area contributed by atoms with Crippen LogP contribution in [0, 0.1) is 11.8 Å². The fourth-order valence-corrected chi connectivity index (χ4v) is 3.33. The van der Waals surface area contributed by atoms with Crippen molar-refractivity contribution in [3.05, 3.63) is 35.9 Å². The fraction of sp³-hybridized carbons (Fsp3) is 0.611. The van der Waals surface area contributed by atoms with E-state index in [1.54, 1.807) is 0 Å². The molecule has 0 amide bonds. The molecule has 1 heterocycles. The van der Waals surface area contributed by atoms with Gasteiger partial charge in [0.05, 0.1) is 5.60 Å². The maximum atomic E-state index is 12.8. The van der Waals surface area contributed by atoms with Crippen molar-refractivity contribution in [1.82, 2.24) is 0 Å². The number of rotatable bonds is 6. The van der Waals surface area contributed by atoms with Gasteiger partial charge in [-0.05, 0) is 45.4 Å². The van der Waals surface area contributed by atoms with Crippen molar-refractivity contribution in [2.24, 2.45) is 11.8 Å². The molecule has 0 unspecified atom stereocenters. The standard InChI is InChI=1S/C18H26O3/c1-18(2)13-15(10-12-21-18)16(9-6-11-19)17(20)14-7-4-3-5-8-14/h3-5,7-8,15-16,19H,6,9-13H2,1-2H3/t15-,16+/m0/s1. The summed E-state index contributed by atoms with van der Waals surface area (Å²) in [6, 6.07) is 9.52. The summed E-state index contributed by atoms with van der Waals surface area (Å²) >= 11 is 0. The van der Waals surface area contributed by atoms with Crippen molar-refractivity contribution >= 4 is 5.78 Å². The number of hydrogen-bond donors (Lipinski definition) is 1. The number of ether oxygens (including phenoxy) is 1. The molecule has 0 spiro atoms. The quantitative estimate of drug-likeness (QED) is 0.816. The van der Waals surface area contributed by atoms with Crippen molar-refractivity contribution < 1.29 is 14.6 Å². The Hall–Kier alpha value is -1.19. The zero-order chi connectivity index (χ0) is 15.3. The van der Waals surface area contributed by atoms with Crippen LogP contribution < -0.4 is 0 Å². The normalized spacial score (nSPS) is 22.7. The van der Waals surface area contributed by atoms with E-state index in [9.17, 15) is 4.79 Å². The van der Waals surface area contributed by atoms with E-state index in [1.807, 2.05) is 30.3 Å². The Morgan fingerprint density at radius 3 is 2.71 bits per heavy atom. The molecule has 0 aromatic heterocycles. The maximum absolute atomic E-state index is 12.8. The first-order valence-corrected chi connectivity index (χ1v) is 7.87. The predicted molar refractivity (Wildman–Crippen MR) is 83.3 cm³/mol. The van der Waals surface area contributed by atoms with Gasteiger partial charge in [0.25, 0.3) is 0 Å². The Labute approximate surface area is 127 Å². The van der Waals surface area contributed by atoms with E-state index in [-0.39, 0.29) is 23.9 Å². The second kappa shape index (κ2) is 7.19. The Morgan fingerprint density at radius 2 is 2.10 bits per heavy atom. The first kappa shape index (κ1) is 16.2. The zero-order valence-electron chi connectivity index (χ0n) is 13.0. The molecular weight excluding hydrogens is 264 g/mol. The fourth-order valence-electron chi connectivity index (χ4n) is 3.33. The third kappa shape index (κ3) is 4.39. The van der Waals surface area contributed by atoms with Gasteiger partial charge in [-0.3, -0.25) is 4.79 Å². The molecule has 1 aliphatic heterocycles. The molecule has 0 aliphatic carbocycles. The SMILES string of the molecule is CC1(C)C[C@@H]([C@@H](CCCO)C(=O)c2ccccc2)CCO1. The van der Waals surface area contributed by atoms with Crippen molar-refractivity contribution in [2.75, 3.05) is 13.2 Å². The molecule has 1 aromatic rings. The summed E-state index contributed by atoms with van der Waals surface area (Å²) < 4.78 is 5.77. The predicted octanol–water partition coefficient (Wildman–Crippen LogP) is 3.46. The van der Waals surface area contributed by atoms with Crippen LogP contribution in [0.4, 0.5) is 0 Å². The summed E-state index contributed by atoms with van der Waals surface area (Å²) in [4.78, 5) is 12.8. The summed E-state index contributed by atoms with van der Waals surface area (Å²) in [7, 11) is 0. The molecule has 1 aromatic carbocycles. The number of Topliss-reactive ketones (excluding diaryl/α,β-unsaturated/α-hetero) is 1. The third-order valence-electron chi connectivity index (χ3n) is 4.37. The number of aliphatic hydroxyl groups excluding tert-OH is 1. The first-order chi connectivity index (χ1) is 10.0. The van der Waals surface area contributed by atoms with Crippen LogP contribution in [-0.2, 0) is 4.74 Å². The molecule has 3 nitrogen and oxygen atoms in total. The monoisotopic (exact) mass is 290 g/mol. The number of carbonyl (C=O) groups is 1. The van der Waals surface area contributed by atoms with Crippen LogP contribution in [-0.4, -0.2) is 29.7 Å². The smallest absolute Gasteiger partial charge is 0.166 e. The van der Waals surface area contributed by atoms with Gasteiger partial charge in [-0.1, -0.05) is 30.3 Å². The lowest BCUT2D eigenvalue weighted by atomic mass is 9.74. The molecule has 0 radical (unpaired) electrons. The molecule has 0 saturated carbocycles. The lowest BCUT2D eigenvalue weighted by Gasteiger charge is -2.38. The average Bonchev–Trinajstić information content (AvgIpc) is 2.47. The highest BCUT2D eigenvalue weighted by Crippen LogP contribution is 2.36. The largest absolute Gasteiger partial charge is 0.396 e. The molecule has 2 atom stereocenters. The Kier molecular flexibility index (Phi) is 5.54. The summed E-state index contributed by atoms with van der Waals surface area (Å²) in [6.45, 7) is 5.05. The molecule has 1 fully saturated rings. The van der Waals surface area contributed by atoms with Gasteiger partial charge >= 0.3 is 0 Å². The second-order valence-electron chi connectivity index (χ2n) is 6.56. The molecule has 0 bridgehead atoms. The second-order valence-corrected chi connectivity index (χ2v) is 6.56. The van der Waals surface area contributed by atoms with Gasteiger partial charge < -0.3 is 9.84 Å². The van der Waals surface area contributed by atoms with Crippen LogP contribution in [0.3, 0.4) is 0 Å². The van der Waals surface area contributed by atoms with Crippen molar-refractivity contribution in [2.45, 2.75) is 45.1 Å². The lowest BCUT2D eigenvalue weighted by molar-refractivity contribution is -0.0803. The van der Waals surface area contributed by atoms with Crippen LogP contribution in [0.5, 0.6) is 0 Å². The van der Waals surface area contributed by atoms with E-state index in [2.05, 4.69) is 13.8 Å². The Balaban J connectivity index is 2.15. The maximum Gasteiger partial charge on any atom is 0.166 e. The van der Waals surface area contributed by atoms with E-state index in [0.717, 1.165) is 31.4 Å². The van der Waals surface area contributed by atoms with E-state index >= 15 is 0 Å². The minimum Gasteiger partial charge on any atom is -0.396 e. The van der Waals surface area contributed by atoms with Gasteiger partial charge in [0.15, 0.2) is 5.78 Å². The summed E-state index contributed by atoms with van der Waals surface area (Å²) in [5, 5.41) is 9.13.